The van der Waals surface area contributed by atoms with Crippen LogP contribution in [-0.2, 0) is 4.74 Å². The monoisotopic (exact) mass is 157 g/mol. The van der Waals surface area contributed by atoms with Crippen LogP contribution in [-0.4, -0.2) is 19.3 Å². The van der Waals surface area contributed by atoms with E-state index in [1.165, 1.54) is 6.42 Å². The van der Waals surface area contributed by atoms with Crippen LogP contribution >= 0.6 is 0 Å². The predicted molar refractivity (Wildman–Crippen MR) is 46.4 cm³/mol. The lowest BCUT2D eigenvalue weighted by Crippen LogP contribution is -2.23. The van der Waals surface area contributed by atoms with E-state index in [2.05, 4.69) is 13.8 Å². The van der Waals surface area contributed by atoms with Gasteiger partial charge in [0.1, 0.15) is 0 Å². The molecule has 66 valence electrons. The fourth-order valence-electron chi connectivity index (χ4n) is 1.56. The third kappa shape index (κ3) is 2.46. The van der Waals surface area contributed by atoms with Crippen LogP contribution in [0.3, 0.4) is 0 Å². The molecule has 0 aromatic heterocycles. The maximum absolute atomic E-state index is 5.54. The van der Waals surface area contributed by atoms with Crippen molar-refractivity contribution in [1.82, 2.24) is 0 Å². The largest absolute Gasteiger partial charge is 0.379 e. The lowest BCUT2D eigenvalue weighted by molar-refractivity contribution is 0.00980. The van der Waals surface area contributed by atoms with E-state index >= 15 is 0 Å². The van der Waals surface area contributed by atoms with Crippen molar-refractivity contribution in [3.8, 4) is 0 Å². The number of hydrogen-bond donors (Lipinski definition) is 1. The molecule has 0 amide bonds. The van der Waals surface area contributed by atoms with Crippen molar-refractivity contribution < 1.29 is 4.74 Å². The first-order valence-electron chi connectivity index (χ1n) is 4.34. The number of ether oxygens (including phenoxy) is 1. The molecular formula is C9H19NO. The Morgan fingerprint density at radius 2 is 2.09 bits per heavy atom. The molecule has 2 N–H and O–H groups in total. The van der Waals surface area contributed by atoms with Crippen molar-refractivity contribution in [2.24, 2.45) is 17.6 Å². The fraction of sp³-hybridized carbons (Fsp3) is 1.00. The standard InChI is InChI=1S/C9H19NO/c1-9(2,11-3)5-7-4-8(7)6-10/h7-8H,4-6,10H2,1-3H3/t7-,8-/m0/s1. The second kappa shape index (κ2) is 3.11. The third-order valence-corrected chi connectivity index (χ3v) is 2.68. The molecule has 1 rings (SSSR count). The summed E-state index contributed by atoms with van der Waals surface area (Å²) in [7, 11) is 1.78. The Balaban J connectivity index is 2.22. The van der Waals surface area contributed by atoms with Crippen LogP contribution < -0.4 is 5.73 Å². The summed E-state index contributed by atoms with van der Waals surface area (Å²) in [5.41, 5.74) is 5.59. The topological polar surface area (TPSA) is 35.2 Å². The summed E-state index contributed by atoms with van der Waals surface area (Å²) < 4.78 is 5.34. The SMILES string of the molecule is COC(C)(C)C[C@@H]1C[C@H]1CN. The van der Waals surface area contributed by atoms with E-state index in [1.807, 2.05) is 0 Å². The number of hydrogen-bond acceptors (Lipinski definition) is 2. The summed E-state index contributed by atoms with van der Waals surface area (Å²) in [6, 6.07) is 0. The van der Waals surface area contributed by atoms with Crippen molar-refractivity contribution in [2.45, 2.75) is 32.3 Å². The molecule has 0 heterocycles. The second-order valence-electron chi connectivity index (χ2n) is 4.16. The average Bonchev–Trinajstić information content (AvgIpc) is 2.67. The van der Waals surface area contributed by atoms with Gasteiger partial charge in [0.15, 0.2) is 0 Å². The maximum Gasteiger partial charge on any atom is 0.0625 e. The van der Waals surface area contributed by atoms with Gasteiger partial charge in [-0.15, -0.1) is 0 Å². The Labute approximate surface area is 69.1 Å². The summed E-state index contributed by atoms with van der Waals surface area (Å²) in [6.07, 6.45) is 2.47. The molecule has 0 spiro atoms. The van der Waals surface area contributed by atoms with Gasteiger partial charge in [0.05, 0.1) is 5.60 Å². The summed E-state index contributed by atoms with van der Waals surface area (Å²) in [4.78, 5) is 0. The molecule has 1 fully saturated rings. The van der Waals surface area contributed by atoms with Gasteiger partial charge in [0.25, 0.3) is 0 Å². The van der Waals surface area contributed by atoms with E-state index < -0.39 is 0 Å². The molecule has 2 atom stereocenters. The van der Waals surface area contributed by atoms with Gasteiger partial charge in [0, 0.05) is 7.11 Å². The van der Waals surface area contributed by atoms with E-state index in [9.17, 15) is 0 Å². The molecule has 0 saturated heterocycles. The minimum absolute atomic E-state index is 0.0502. The van der Waals surface area contributed by atoms with Crippen molar-refractivity contribution in [3.05, 3.63) is 0 Å². The minimum Gasteiger partial charge on any atom is -0.379 e. The second-order valence-corrected chi connectivity index (χ2v) is 4.16. The Morgan fingerprint density at radius 1 is 1.45 bits per heavy atom. The van der Waals surface area contributed by atoms with E-state index in [4.69, 9.17) is 10.5 Å². The fourth-order valence-corrected chi connectivity index (χ4v) is 1.56. The van der Waals surface area contributed by atoms with E-state index in [-0.39, 0.29) is 5.60 Å². The molecule has 11 heavy (non-hydrogen) atoms. The highest BCUT2D eigenvalue weighted by molar-refractivity contribution is 4.91. The van der Waals surface area contributed by atoms with Gasteiger partial charge in [-0.05, 0) is 45.1 Å². The van der Waals surface area contributed by atoms with E-state index in [1.54, 1.807) is 7.11 Å². The van der Waals surface area contributed by atoms with Crippen LogP contribution in [0.2, 0.25) is 0 Å². The number of rotatable bonds is 4. The molecule has 0 unspecified atom stereocenters. The minimum atomic E-state index is 0.0502. The van der Waals surface area contributed by atoms with Gasteiger partial charge in [0.2, 0.25) is 0 Å². The Bertz CT molecular complexity index is 134. The third-order valence-electron chi connectivity index (χ3n) is 2.68. The quantitative estimate of drug-likeness (QED) is 0.669. The molecule has 0 aromatic carbocycles. The van der Waals surface area contributed by atoms with Crippen LogP contribution in [0.25, 0.3) is 0 Å². The maximum atomic E-state index is 5.54. The molecule has 0 radical (unpaired) electrons. The smallest absolute Gasteiger partial charge is 0.0625 e. The van der Waals surface area contributed by atoms with Crippen LogP contribution in [0.15, 0.2) is 0 Å². The van der Waals surface area contributed by atoms with Crippen molar-refractivity contribution in [3.63, 3.8) is 0 Å². The van der Waals surface area contributed by atoms with Crippen LogP contribution in [0.4, 0.5) is 0 Å². The summed E-state index contributed by atoms with van der Waals surface area (Å²) in [5, 5.41) is 0. The molecule has 1 aliphatic carbocycles. The zero-order chi connectivity index (χ0) is 8.48. The number of nitrogens with two attached hydrogens (primary N) is 1. The molecule has 1 aliphatic rings. The van der Waals surface area contributed by atoms with Gasteiger partial charge in [-0.1, -0.05) is 0 Å². The summed E-state index contributed by atoms with van der Waals surface area (Å²) >= 11 is 0. The molecule has 1 saturated carbocycles. The lowest BCUT2D eigenvalue weighted by atomic mass is 10.0. The normalized spacial score (nSPS) is 30.5. The highest BCUT2D eigenvalue weighted by Gasteiger charge is 2.39. The molecule has 2 heteroatoms. The summed E-state index contributed by atoms with van der Waals surface area (Å²) in [6.45, 7) is 5.13. The van der Waals surface area contributed by atoms with Crippen molar-refractivity contribution in [2.75, 3.05) is 13.7 Å². The number of methoxy groups -OCH3 is 1. The van der Waals surface area contributed by atoms with Gasteiger partial charge < -0.3 is 10.5 Å². The molecular weight excluding hydrogens is 138 g/mol. The first-order valence-corrected chi connectivity index (χ1v) is 4.34. The van der Waals surface area contributed by atoms with Crippen LogP contribution in [0.5, 0.6) is 0 Å². The average molecular weight is 157 g/mol. The first-order chi connectivity index (χ1) is 5.09. The highest BCUT2D eigenvalue weighted by atomic mass is 16.5. The van der Waals surface area contributed by atoms with Crippen LogP contribution in [0.1, 0.15) is 26.7 Å². The zero-order valence-electron chi connectivity index (χ0n) is 7.76. The predicted octanol–water partition coefficient (Wildman–Crippen LogP) is 1.40. The van der Waals surface area contributed by atoms with Gasteiger partial charge in [-0.2, -0.15) is 0 Å². The zero-order valence-corrected chi connectivity index (χ0v) is 7.76. The molecule has 2 nitrogen and oxygen atoms in total. The van der Waals surface area contributed by atoms with E-state index in [0.29, 0.717) is 0 Å². The lowest BCUT2D eigenvalue weighted by Gasteiger charge is -2.22. The van der Waals surface area contributed by atoms with Crippen molar-refractivity contribution >= 4 is 0 Å². The highest BCUT2D eigenvalue weighted by Crippen LogP contribution is 2.43. The molecule has 0 aliphatic heterocycles. The Morgan fingerprint density at radius 3 is 2.45 bits per heavy atom. The molecule has 0 bridgehead atoms. The molecule has 0 aromatic rings. The first kappa shape index (κ1) is 9.01. The van der Waals surface area contributed by atoms with Gasteiger partial charge >= 0.3 is 0 Å². The Kier molecular flexibility index (Phi) is 2.55. The van der Waals surface area contributed by atoms with E-state index in [0.717, 1.165) is 24.8 Å². The Hall–Kier alpha value is -0.0800. The summed E-state index contributed by atoms with van der Waals surface area (Å²) in [5.74, 6) is 1.61. The van der Waals surface area contributed by atoms with Crippen molar-refractivity contribution in [1.29, 1.82) is 0 Å². The van der Waals surface area contributed by atoms with Crippen LogP contribution in [0, 0.1) is 11.8 Å². The van der Waals surface area contributed by atoms with Gasteiger partial charge in [-0.25, -0.2) is 0 Å². The van der Waals surface area contributed by atoms with Gasteiger partial charge in [-0.3, -0.25) is 0 Å².